The number of aromatic nitrogens is 2. The summed E-state index contributed by atoms with van der Waals surface area (Å²) in [7, 11) is 0. The van der Waals surface area contributed by atoms with Crippen LogP contribution in [0, 0.1) is 0 Å². The maximum atomic E-state index is 2.52. The van der Waals surface area contributed by atoms with Crippen LogP contribution in [0.4, 0.5) is 0 Å². The molecule has 3 heteroatoms. The molecule has 2 aliphatic rings. The molecule has 154 valence electrons. The number of para-hydroxylation sites is 3. The lowest BCUT2D eigenvalue weighted by Crippen LogP contribution is -2.53. The number of fused-ring (bicyclic) bond motifs is 9. The van der Waals surface area contributed by atoms with Gasteiger partial charge in [-0.25, -0.2) is 0 Å². The van der Waals surface area contributed by atoms with Crippen molar-refractivity contribution in [2.45, 2.75) is 13.2 Å². The maximum Gasteiger partial charge on any atom is 0.223 e. The molecule has 0 saturated heterocycles. The van der Waals surface area contributed by atoms with Gasteiger partial charge in [-0.3, -0.25) is 0 Å². The van der Waals surface area contributed by atoms with Gasteiger partial charge < -0.3 is 9.13 Å². The Balaban J connectivity index is 1.57. The fourth-order valence-corrected chi connectivity index (χ4v) is 6.57. The van der Waals surface area contributed by atoms with E-state index in [2.05, 4.69) is 113 Å². The first-order valence-corrected chi connectivity index (χ1v) is 11.8. The van der Waals surface area contributed by atoms with Crippen molar-refractivity contribution in [3.05, 3.63) is 102 Å². The Bertz CT molecular complexity index is 1810. The van der Waals surface area contributed by atoms with Gasteiger partial charge in [-0.15, -0.1) is 0 Å². The minimum absolute atomic E-state index is 0.359. The smallest absolute Gasteiger partial charge is 0.223 e. The highest BCUT2D eigenvalue weighted by Gasteiger charge is 2.39. The Kier molecular flexibility index (Phi) is 3.24. The van der Waals surface area contributed by atoms with Crippen molar-refractivity contribution in [3.63, 3.8) is 0 Å². The van der Waals surface area contributed by atoms with E-state index in [1.165, 1.54) is 66.3 Å². The number of benzene rings is 4. The van der Waals surface area contributed by atoms with Crippen molar-refractivity contribution < 1.29 is 0 Å². The van der Waals surface area contributed by atoms with E-state index < -0.39 is 0 Å². The zero-order valence-corrected chi connectivity index (χ0v) is 18.4. The van der Waals surface area contributed by atoms with Crippen molar-refractivity contribution in [3.8, 4) is 11.4 Å². The molecule has 4 heterocycles. The van der Waals surface area contributed by atoms with Gasteiger partial charge in [0.25, 0.3) is 0 Å². The van der Waals surface area contributed by atoms with E-state index in [4.69, 9.17) is 0 Å². The monoisotopic (exact) mass is 420 g/mol. The lowest BCUT2D eigenvalue weighted by molar-refractivity contribution is 1.01. The van der Waals surface area contributed by atoms with E-state index in [0.29, 0.717) is 6.71 Å². The standard InChI is InChI=1S/C30H21BN2/c1-2-9-19-20-10-3-5-14-24(20)32-26-16-8-17-27-29(26)31(18-28(19)32)23-13-7-12-22-21-11-4-6-15-25(21)33(27)30(22)23/h2-17H,18H2,1H3/b9-2-. The topological polar surface area (TPSA) is 9.86 Å². The highest BCUT2D eigenvalue weighted by Crippen LogP contribution is 2.38. The summed E-state index contributed by atoms with van der Waals surface area (Å²) in [5.74, 6) is 0. The van der Waals surface area contributed by atoms with Gasteiger partial charge in [-0.1, -0.05) is 72.8 Å². The normalized spacial score (nSPS) is 13.9. The number of rotatable bonds is 1. The number of allylic oxidation sites excluding steroid dienone is 1. The average Bonchev–Trinajstić information content (AvgIpc) is 3.37. The van der Waals surface area contributed by atoms with Crippen LogP contribution in [0.25, 0.3) is 50.2 Å². The van der Waals surface area contributed by atoms with Crippen LogP contribution in [0.15, 0.2) is 91.0 Å². The number of nitrogens with zero attached hydrogens (tertiary/aromatic N) is 2. The third kappa shape index (κ3) is 2.02. The first kappa shape index (κ1) is 17.6. The van der Waals surface area contributed by atoms with Gasteiger partial charge >= 0.3 is 0 Å². The summed E-state index contributed by atoms with van der Waals surface area (Å²) in [5, 5.41) is 4.04. The molecule has 2 nitrogen and oxygen atoms in total. The second-order valence-corrected chi connectivity index (χ2v) is 9.28. The van der Waals surface area contributed by atoms with Crippen molar-refractivity contribution >= 4 is 56.4 Å². The van der Waals surface area contributed by atoms with Gasteiger partial charge in [0, 0.05) is 44.3 Å². The Morgan fingerprint density at radius 2 is 1.36 bits per heavy atom. The molecule has 0 spiro atoms. The second kappa shape index (κ2) is 6.08. The van der Waals surface area contributed by atoms with E-state index in [-0.39, 0.29) is 0 Å². The van der Waals surface area contributed by atoms with Crippen LogP contribution in [-0.4, -0.2) is 15.8 Å². The van der Waals surface area contributed by atoms with E-state index in [9.17, 15) is 0 Å². The molecule has 0 bridgehead atoms. The summed E-state index contributed by atoms with van der Waals surface area (Å²) < 4.78 is 5.04. The highest BCUT2D eigenvalue weighted by molar-refractivity contribution is 6.89. The second-order valence-electron chi connectivity index (χ2n) is 9.28. The Hall–Kier alpha value is -3.98. The fourth-order valence-electron chi connectivity index (χ4n) is 6.57. The zero-order chi connectivity index (χ0) is 21.7. The van der Waals surface area contributed by atoms with Crippen LogP contribution in [0.2, 0.25) is 0 Å². The summed E-state index contributed by atoms with van der Waals surface area (Å²) in [6.07, 6.45) is 5.48. The quantitative estimate of drug-likeness (QED) is 0.299. The molecule has 0 N–H and O–H groups in total. The average molecular weight is 420 g/mol. The molecule has 0 saturated carbocycles. The lowest BCUT2D eigenvalue weighted by Gasteiger charge is -2.33. The minimum atomic E-state index is 0.359. The summed E-state index contributed by atoms with van der Waals surface area (Å²) in [4.78, 5) is 0. The Morgan fingerprint density at radius 1 is 0.697 bits per heavy atom. The van der Waals surface area contributed by atoms with E-state index in [1.807, 2.05) is 0 Å². The van der Waals surface area contributed by atoms with Gasteiger partial charge in [0.05, 0.1) is 11.0 Å². The predicted molar refractivity (Wildman–Crippen MR) is 141 cm³/mol. The van der Waals surface area contributed by atoms with Crippen LogP contribution < -0.4 is 10.9 Å². The van der Waals surface area contributed by atoms with Gasteiger partial charge in [0.15, 0.2) is 0 Å². The molecule has 0 amide bonds. The molecule has 0 radical (unpaired) electrons. The third-order valence-corrected chi connectivity index (χ3v) is 7.74. The van der Waals surface area contributed by atoms with Gasteiger partial charge in [-0.05, 0) is 48.4 Å². The van der Waals surface area contributed by atoms with Crippen molar-refractivity contribution in [2.75, 3.05) is 0 Å². The molecule has 0 fully saturated rings. The van der Waals surface area contributed by atoms with Crippen LogP contribution in [0.3, 0.4) is 0 Å². The molecular weight excluding hydrogens is 399 g/mol. The predicted octanol–water partition coefficient (Wildman–Crippen LogP) is 5.78. The zero-order valence-electron chi connectivity index (χ0n) is 18.4. The van der Waals surface area contributed by atoms with E-state index >= 15 is 0 Å². The first-order valence-electron chi connectivity index (χ1n) is 11.8. The van der Waals surface area contributed by atoms with Crippen LogP contribution in [0.1, 0.15) is 18.2 Å². The summed E-state index contributed by atoms with van der Waals surface area (Å²) in [5.41, 5.74) is 12.3. The lowest BCUT2D eigenvalue weighted by atomic mass is 9.35. The Morgan fingerprint density at radius 3 is 2.18 bits per heavy atom. The Labute approximate surface area is 192 Å². The third-order valence-electron chi connectivity index (χ3n) is 7.74. The van der Waals surface area contributed by atoms with Gasteiger partial charge in [0.1, 0.15) is 0 Å². The molecule has 2 aliphatic heterocycles. The van der Waals surface area contributed by atoms with E-state index in [1.54, 1.807) is 0 Å². The van der Waals surface area contributed by atoms with Crippen LogP contribution in [-0.2, 0) is 6.32 Å². The van der Waals surface area contributed by atoms with E-state index in [0.717, 1.165) is 6.32 Å². The van der Waals surface area contributed by atoms with Crippen molar-refractivity contribution in [1.29, 1.82) is 0 Å². The maximum absolute atomic E-state index is 2.52. The molecule has 2 aromatic heterocycles. The van der Waals surface area contributed by atoms with Crippen LogP contribution >= 0.6 is 0 Å². The fraction of sp³-hybridized carbons (Fsp3) is 0.0667. The largest absolute Gasteiger partial charge is 0.314 e. The molecule has 6 aromatic rings. The number of hydrogen-bond donors (Lipinski definition) is 0. The summed E-state index contributed by atoms with van der Waals surface area (Å²) in [6.45, 7) is 2.48. The van der Waals surface area contributed by atoms with Crippen LogP contribution in [0.5, 0.6) is 0 Å². The SMILES string of the molecule is C/C=C\c1c2n(c3ccccc13)-c1cccc3c1B(C2)c1cccc2c4ccccc4n-3c12. The summed E-state index contributed by atoms with van der Waals surface area (Å²) >= 11 is 0. The van der Waals surface area contributed by atoms with Crippen molar-refractivity contribution in [1.82, 2.24) is 9.13 Å². The minimum Gasteiger partial charge on any atom is -0.314 e. The molecule has 4 aromatic carbocycles. The van der Waals surface area contributed by atoms with Gasteiger partial charge in [0.2, 0.25) is 6.71 Å². The highest BCUT2D eigenvalue weighted by atomic mass is 15.0. The molecule has 8 rings (SSSR count). The summed E-state index contributed by atoms with van der Waals surface area (Å²) in [6, 6.07) is 31.5. The molecule has 0 atom stereocenters. The molecule has 0 aliphatic carbocycles. The molecule has 33 heavy (non-hydrogen) atoms. The van der Waals surface area contributed by atoms with Crippen molar-refractivity contribution in [2.24, 2.45) is 0 Å². The molecular formula is C30H21BN2. The molecule has 0 unspecified atom stereocenters. The number of hydrogen-bond acceptors (Lipinski definition) is 0. The first-order chi connectivity index (χ1) is 16.4. The van der Waals surface area contributed by atoms with Gasteiger partial charge in [-0.2, -0.15) is 0 Å².